The third kappa shape index (κ3) is 6.40. The minimum atomic E-state index is -0.226. The summed E-state index contributed by atoms with van der Waals surface area (Å²) in [6.07, 6.45) is 3.75. The van der Waals surface area contributed by atoms with E-state index in [1.807, 2.05) is 41.2 Å². The fourth-order valence-electron chi connectivity index (χ4n) is 2.09. The van der Waals surface area contributed by atoms with Gasteiger partial charge in [0.25, 0.3) is 0 Å². The summed E-state index contributed by atoms with van der Waals surface area (Å²) in [5, 5.41) is 7.05. The van der Waals surface area contributed by atoms with Crippen LogP contribution in [0.3, 0.4) is 0 Å². The zero-order valence-corrected chi connectivity index (χ0v) is 14.0. The number of hydrogen-bond donors (Lipinski definition) is 2. The number of nitrogens with two attached hydrogens (primary N) is 1. The Labute approximate surface area is 142 Å². The number of methoxy groups -OCH3 is 1. The van der Waals surface area contributed by atoms with Crippen LogP contribution in [0.15, 0.2) is 42.7 Å². The number of nitrogens with one attached hydrogen (secondary N) is 1. The third-order valence-electron chi connectivity index (χ3n) is 3.43. The summed E-state index contributed by atoms with van der Waals surface area (Å²) in [6, 6.07) is 10.0. The molecule has 0 aliphatic carbocycles. The highest BCUT2D eigenvalue weighted by atomic mass is 35.5. The average molecular weight is 339 g/mol. The number of carbonyl (C=O) groups excluding carboxylic acids is 1. The van der Waals surface area contributed by atoms with Gasteiger partial charge >= 0.3 is 0 Å². The van der Waals surface area contributed by atoms with Crippen molar-refractivity contribution in [2.75, 3.05) is 13.7 Å². The molecule has 7 heteroatoms. The molecule has 1 unspecified atom stereocenters. The lowest BCUT2D eigenvalue weighted by molar-refractivity contribution is -0.123. The van der Waals surface area contributed by atoms with Crippen LogP contribution in [0.4, 0.5) is 0 Å². The second-order valence-electron chi connectivity index (χ2n) is 5.09. The first-order valence-electron chi connectivity index (χ1n) is 7.26. The van der Waals surface area contributed by atoms with E-state index in [0.717, 1.165) is 12.1 Å². The van der Waals surface area contributed by atoms with Crippen LogP contribution >= 0.6 is 12.4 Å². The third-order valence-corrected chi connectivity index (χ3v) is 3.43. The van der Waals surface area contributed by atoms with Gasteiger partial charge in [-0.1, -0.05) is 24.3 Å². The Kier molecular flexibility index (Phi) is 8.32. The van der Waals surface area contributed by atoms with Crippen molar-refractivity contribution in [3.63, 3.8) is 0 Å². The van der Waals surface area contributed by atoms with Crippen LogP contribution in [-0.4, -0.2) is 35.4 Å². The topological polar surface area (TPSA) is 82.2 Å². The number of ether oxygens (including phenoxy) is 1. The maximum Gasteiger partial charge on any atom is 0.222 e. The number of rotatable bonds is 8. The van der Waals surface area contributed by atoms with Crippen molar-refractivity contribution in [3.8, 4) is 0 Å². The molecule has 0 aliphatic heterocycles. The molecule has 23 heavy (non-hydrogen) atoms. The van der Waals surface area contributed by atoms with Crippen LogP contribution in [0, 0.1) is 0 Å². The number of benzene rings is 1. The van der Waals surface area contributed by atoms with Crippen molar-refractivity contribution in [1.29, 1.82) is 0 Å². The highest BCUT2D eigenvalue weighted by molar-refractivity contribution is 5.85. The smallest absolute Gasteiger partial charge is 0.222 e. The molecule has 1 heterocycles. The van der Waals surface area contributed by atoms with Gasteiger partial charge in [0.15, 0.2) is 0 Å². The van der Waals surface area contributed by atoms with E-state index in [1.165, 1.54) is 5.56 Å². The highest BCUT2D eigenvalue weighted by Gasteiger charge is 2.10. The molecule has 1 amide bonds. The molecular formula is C16H23ClN4O2. The van der Waals surface area contributed by atoms with Gasteiger partial charge in [0.1, 0.15) is 0 Å². The first-order chi connectivity index (χ1) is 10.7. The van der Waals surface area contributed by atoms with E-state index >= 15 is 0 Å². The lowest BCUT2D eigenvalue weighted by atomic mass is 10.1. The molecule has 1 atom stereocenters. The zero-order chi connectivity index (χ0) is 15.8. The van der Waals surface area contributed by atoms with Crippen LogP contribution in [0.1, 0.15) is 17.5 Å². The number of amides is 1. The van der Waals surface area contributed by atoms with Gasteiger partial charge in [-0.3, -0.25) is 9.48 Å². The van der Waals surface area contributed by atoms with Gasteiger partial charge in [-0.2, -0.15) is 5.10 Å². The fraction of sp³-hybridized carbons (Fsp3) is 0.375. The summed E-state index contributed by atoms with van der Waals surface area (Å²) in [7, 11) is 1.56. The second-order valence-corrected chi connectivity index (χ2v) is 5.09. The number of nitrogens with zero attached hydrogens (tertiary/aromatic N) is 2. The SMILES string of the molecule is COC(CN)CC(=O)NCc1ccc(Cn2cccn2)cc1.Cl. The summed E-state index contributed by atoms with van der Waals surface area (Å²) >= 11 is 0. The van der Waals surface area contributed by atoms with E-state index in [0.29, 0.717) is 13.1 Å². The van der Waals surface area contributed by atoms with Crippen molar-refractivity contribution in [3.05, 3.63) is 53.9 Å². The first-order valence-corrected chi connectivity index (χ1v) is 7.26. The molecule has 2 rings (SSSR count). The fourth-order valence-corrected chi connectivity index (χ4v) is 2.09. The Bertz CT molecular complexity index is 568. The molecule has 0 bridgehead atoms. The van der Waals surface area contributed by atoms with E-state index in [9.17, 15) is 4.79 Å². The molecular weight excluding hydrogens is 316 g/mol. The van der Waals surface area contributed by atoms with Gasteiger partial charge < -0.3 is 15.8 Å². The van der Waals surface area contributed by atoms with Crippen molar-refractivity contribution in [1.82, 2.24) is 15.1 Å². The molecule has 6 nitrogen and oxygen atoms in total. The molecule has 126 valence electrons. The maximum atomic E-state index is 11.8. The van der Waals surface area contributed by atoms with Crippen molar-refractivity contribution < 1.29 is 9.53 Å². The Morgan fingerprint density at radius 3 is 2.61 bits per heavy atom. The monoisotopic (exact) mass is 338 g/mol. The normalized spacial score (nSPS) is 11.6. The van der Waals surface area contributed by atoms with Gasteiger partial charge in [0.2, 0.25) is 5.91 Å². The number of aromatic nitrogens is 2. The summed E-state index contributed by atoms with van der Waals surface area (Å²) < 4.78 is 6.96. The predicted molar refractivity (Wildman–Crippen MR) is 91.3 cm³/mol. The Morgan fingerprint density at radius 1 is 1.35 bits per heavy atom. The largest absolute Gasteiger partial charge is 0.380 e. The van der Waals surface area contributed by atoms with Crippen LogP contribution in [0.25, 0.3) is 0 Å². The minimum absolute atomic E-state index is 0. The Balaban J connectivity index is 0.00000264. The van der Waals surface area contributed by atoms with Crippen molar-refractivity contribution >= 4 is 18.3 Å². The quantitative estimate of drug-likeness (QED) is 0.761. The standard InChI is InChI=1S/C16H22N4O2.ClH/c1-22-15(10-17)9-16(21)18-11-13-3-5-14(6-4-13)12-20-8-2-7-19-20;/h2-8,15H,9-12,17H2,1H3,(H,18,21);1H. The van der Waals surface area contributed by atoms with Gasteiger partial charge in [-0.25, -0.2) is 0 Å². The predicted octanol–water partition coefficient (Wildman–Crippen LogP) is 1.33. The van der Waals surface area contributed by atoms with Crippen LogP contribution < -0.4 is 11.1 Å². The van der Waals surface area contributed by atoms with E-state index in [1.54, 1.807) is 13.3 Å². The molecule has 2 aromatic rings. The van der Waals surface area contributed by atoms with Gasteiger partial charge in [-0.15, -0.1) is 12.4 Å². The summed E-state index contributed by atoms with van der Waals surface area (Å²) in [5.41, 5.74) is 7.72. The Hall–Kier alpha value is -1.89. The van der Waals surface area contributed by atoms with Crippen LogP contribution in [0.5, 0.6) is 0 Å². The van der Waals surface area contributed by atoms with Gasteiger partial charge in [0.05, 0.1) is 19.1 Å². The number of hydrogen-bond acceptors (Lipinski definition) is 4. The summed E-state index contributed by atoms with van der Waals surface area (Å²) in [5.74, 6) is -0.0575. The summed E-state index contributed by atoms with van der Waals surface area (Å²) in [6.45, 7) is 1.58. The van der Waals surface area contributed by atoms with E-state index in [-0.39, 0.29) is 30.8 Å². The number of halogens is 1. The van der Waals surface area contributed by atoms with E-state index in [2.05, 4.69) is 10.4 Å². The minimum Gasteiger partial charge on any atom is -0.380 e. The van der Waals surface area contributed by atoms with Crippen LogP contribution in [-0.2, 0) is 22.6 Å². The molecule has 0 radical (unpaired) electrons. The Morgan fingerprint density at radius 2 is 2.04 bits per heavy atom. The molecule has 0 saturated carbocycles. The van der Waals surface area contributed by atoms with Crippen molar-refractivity contribution in [2.45, 2.75) is 25.6 Å². The van der Waals surface area contributed by atoms with Gasteiger partial charge in [-0.05, 0) is 17.2 Å². The maximum absolute atomic E-state index is 11.8. The second kappa shape index (κ2) is 9.99. The molecule has 1 aromatic carbocycles. The zero-order valence-electron chi connectivity index (χ0n) is 13.1. The number of carbonyl (C=O) groups is 1. The highest BCUT2D eigenvalue weighted by Crippen LogP contribution is 2.06. The summed E-state index contributed by atoms with van der Waals surface area (Å²) in [4.78, 5) is 11.8. The molecule has 0 spiro atoms. The molecule has 3 N–H and O–H groups in total. The van der Waals surface area contributed by atoms with E-state index in [4.69, 9.17) is 10.5 Å². The molecule has 0 saturated heterocycles. The van der Waals surface area contributed by atoms with Crippen molar-refractivity contribution in [2.24, 2.45) is 5.73 Å². The lowest BCUT2D eigenvalue weighted by Crippen LogP contribution is -2.31. The lowest BCUT2D eigenvalue weighted by Gasteiger charge is -2.12. The van der Waals surface area contributed by atoms with Gasteiger partial charge in [0, 0.05) is 32.6 Å². The average Bonchev–Trinajstić information content (AvgIpc) is 3.05. The molecule has 1 aromatic heterocycles. The first kappa shape index (κ1) is 19.2. The van der Waals surface area contributed by atoms with E-state index < -0.39 is 0 Å². The van der Waals surface area contributed by atoms with Crippen LogP contribution in [0.2, 0.25) is 0 Å². The molecule has 0 fully saturated rings. The molecule has 0 aliphatic rings.